The van der Waals surface area contributed by atoms with Gasteiger partial charge in [0, 0.05) is 37.8 Å². The van der Waals surface area contributed by atoms with E-state index in [4.69, 9.17) is 18.9 Å². The molecule has 0 saturated carbocycles. The van der Waals surface area contributed by atoms with Crippen LogP contribution in [0.15, 0.2) is 36.4 Å². The third-order valence-corrected chi connectivity index (χ3v) is 8.62. The first-order valence-corrected chi connectivity index (χ1v) is 15.3. The molecule has 2 aromatic rings. The van der Waals surface area contributed by atoms with Crippen LogP contribution >= 0.6 is 0 Å². The number of aliphatic hydroxyl groups is 6. The number of fused-ring (bicyclic) bond motifs is 3. The van der Waals surface area contributed by atoms with Gasteiger partial charge in [0.15, 0.2) is 0 Å². The average Bonchev–Trinajstić information content (AvgIpc) is 3.32. The van der Waals surface area contributed by atoms with Gasteiger partial charge in [-0.15, -0.1) is 0 Å². The molecule has 2 aromatic carbocycles. The van der Waals surface area contributed by atoms with Crippen LogP contribution in [0.5, 0.6) is 0 Å². The second-order valence-electron chi connectivity index (χ2n) is 12.0. The van der Waals surface area contributed by atoms with Gasteiger partial charge in [-0.1, -0.05) is 35.8 Å². The molecule has 8 unspecified atom stereocenters. The van der Waals surface area contributed by atoms with Gasteiger partial charge >= 0.3 is 11.9 Å². The zero-order valence-corrected chi connectivity index (χ0v) is 26.0. The molecule has 0 bridgehead atoms. The van der Waals surface area contributed by atoms with E-state index in [2.05, 4.69) is 23.7 Å². The van der Waals surface area contributed by atoms with Crippen LogP contribution in [0.3, 0.4) is 0 Å². The largest absolute Gasteiger partial charge is 0.464 e. The second kappa shape index (κ2) is 14.5. The van der Waals surface area contributed by atoms with Gasteiger partial charge in [0.1, 0.15) is 37.6 Å². The molecular formula is C35H38O12. The molecule has 3 aliphatic rings. The van der Waals surface area contributed by atoms with Crippen LogP contribution in [0.2, 0.25) is 0 Å². The topological polar surface area (TPSA) is 192 Å². The van der Waals surface area contributed by atoms with E-state index in [1.807, 2.05) is 12.1 Å². The minimum atomic E-state index is -1.27. The predicted octanol–water partition coefficient (Wildman–Crippen LogP) is -0.474. The number of esters is 2. The van der Waals surface area contributed by atoms with Crippen LogP contribution in [-0.4, -0.2) is 118 Å². The van der Waals surface area contributed by atoms with Crippen LogP contribution in [0, 0.1) is 23.7 Å². The Balaban J connectivity index is 1.56. The first kappa shape index (κ1) is 34.5. The zero-order valence-electron chi connectivity index (χ0n) is 26.0. The molecular weight excluding hydrogens is 612 g/mol. The highest BCUT2D eigenvalue weighted by Crippen LogP contribution is 2.50. The Labute approximate surface area is 271 Å². The van der Waals surface area contributed by atoms with E-state index in [1.165, 1.54) is 13.8 Å². The van der Waals surface area contributed by atoms with Crippen molar-refractivity contribution >= 4 is 11.9 Å². The lowest BCUT2D eigenvalue weighted by atomic mass is 9.78. The standard InChI is InChI=1S/C35H38O12/c1-19(38)44-17-35(18-45-20(2)39)27-11-21(5-9-31-33(42)29(40)13-23(15-36)46-31)3-7-25(27)26-8-4-22(12-28(26)35)6-10-32-34(43)30(41)14-24(16-37)47-32/h3-4,7-8,11-12,23-24,29-34,36-37,40-43H,13-18H2,1-2H3. The van der Waals surface area contributed by atoms with E-state index in [1.54, 1.807) is 24.3 Å². The Morgan fingerprint density at radius 3 is 1.51 bits per heavy atom. The summed E-state index contributed by atoms with van der Waals surface area (Å²) in [6.45, 7) is 1.50. The second-order valence-corrected chi connectivity index (χ2v) is 12.0. The molecule has 0 spiro atoms. The summed E-state index contributed by atoms with van der Waals surface area (Å²) in [6.07, 6.45) is -8.04. The van der Waals surface area contributed by atoms with E-state index in [-0.39, 0.29) is 39.3 Å². The SMILES string of the molecule is CC(=O)OCC1(COC(C)=O)c2cc(C#CC3OC(CO)CC(O)C3O)ccc2-c2ccc(C#CC3OC(CO)CC(O)C3O)cc21. The molecule has 6 N–H and O–H groups in total. The highest BCUT2D eigenvalue weighted by atomic mass is 16.6. The van der Waals surface area contributed by atoms with Gasteiger partial charge in [0.25, 0.3) is 0 Å². The Morgan fingerprint density at radius 2 is 1.15 bits per heavy atom. The molecule has 12 nitrogen and oxygen atoms in total. The van der Waals surface area contributed by atoms with Gasteiger partial charge < -0.3 is 49.6 Å². The summed E-state index contributed by atoms with van der Waals surface area (Å²) < 4.78 is 22.4. The number of benzene rings is 2. The summed E-state index contributed by atoms with van der Waals surface area (Å²) >= 11 is 0. The molecule has 12 heteroatoms. The van der Waals surface area contributed by atoms with Crippen LogP contribution in [-0.2, 0) is 34.0 Å². The molecule has 0 aromatic heterocycles. The third kappa shape index (κ3) is 7.36. The molecule has 2 heterocycles. The number of hydrogen-bond donors (Lipinski definition) is 6. The van der Waals surface area contributed by atoms with Gasteiger partial charge in [0.2, 0.25) is 0 Å². The quantitative estimate of drug-likeness (QED) is 0.174. The van der Waals surface area contributed by atoms with Crippen molar-refractivity contribution in [3.05, 3.63) is 58.7 Å². The Bertz CT molecular complexity index is 1490. The van der Waals surface area contributed by atoms with Crippen molar-refractivity contribution < 1.29 is 59.2 Å². The monoisotopic (exact) mass is 650 g/mol. The number of hydrogen-bond acceptors (Lipinski definition) is 12. The van der Waals surface area contributed by atoms with Gasteiger partial charge in [-0.2, -0.15) is 0 Å². The first-order valence-electron chi connectivity index (χ1n) is 15.3. The van der Waals surface area contributed by atoms with E-state index in [9.17, 15) is 40.2 Å². The van der Waals surface area contributed by atoms with Crippen molar-refractivity contribution in [1.82, 2.24) is 0 Å². The molecule has 0 radical (unpaired) electrons. The Morgan fingerprint density at radius 1 is 0.745 bits per heavy atom. The smallest absolute Gasteiger partial charge is 0.302 e. The number of carbonyl (C=O) groups is 2. The summed E-state index contributed by atoms with van der Waals surface area (Å²) in [4.78, 5) is 24.2. The summed E-state index contributed by atoms with van der Waals surface area (Å²) in [5, 5.41) is 60.2. The van der Waals surface area contributed by atoms with Crippen LogP contribution < -0.4 is 0 Å². The van der Waals surface area contributed by atoms with Crippen molar-refractivity contribution in [1.29, 1.82) is 0 Å². The van der Waals surface area contributed by atoms with Crippen molar-refractivity contribution in [2.75, 3.05) is 26.4 Å². The van der Waals surface area contributed by atoms with Crippen LogP contribution in [0.25, 0.3) is 11.1 Å². The normalized spacial score (nSPS) is 28.9. The third-order valence-electron chi connectivity index (χ3n) is 8.62. The fourth-order valence-corrected chi connectivity index (χ4v) is 6.14. The Kier molecular flexibility index (Phi) is 10.7. The predicted molar refractivity (Wildman–Crippen MR) is 164 cm³/mol. The maximum absolute atomic E-state index is 12.1. The number of ether oxygens (including phenoxy) is 4. The van der Waals surface area contributed by atoms with Gasteiger partial charge in [-0.05, 0) is 46.5 Å². The maximum atomic E-state index is 12.1. The first-order chi connectivity index (χ1) is 22.4. The fourth-order valence-electron chi connectivity index (χ4n) is 6.14. The van der Waals surface area contributed by atoms with Crippen molar-refractivity contribution in [3.8, 4) is 34.8 Å². The van der Waals surface area contributed by atoms with Crippen molar-refractivity contribution in [2.24, 2.45) is 0 Å². The van der Waals surface area contributed by atoms with E-state index in [0.29, 0.717) is 22.3 Å². The van der Waals surface area contributed by atoms with E-state index < -0.39 is 66.2 Å². The number of rotatable bonds is 6. The lowest BCUT2D eigenvalue weighted by molar-refractivity contribution is -0.157. The Hall–Kier alpha value is -3.82. The lowest BCUT2D eigenvalue weighted by Crippen LogP contribution is -2.48. The van der Waals surface area contributed by atoms with Crippen molar-refractivity contribution in [3.63, 3.8) is 0 Å². The molecule has 2 saturated heterocycles. The number of aliphatic hydroxyl groups excluding tert-OH is 6. The summed E-state index contributed by atoms with van der Waals surface area (Å²) in [5.74, 6) is 10.6. The highest BCUT2D eigenvalue weighted by Gasteiger charge is 2.46. The molecule has 1 aliphatic carbocycles. The molecule has 2 aliphatic heterocycles. The highest BCUT2D eigenvalue weighted by molar-refractivity contribution is 5.83. The molecule has 47 heavy (non-hydrogen) atoms. The van der Waals surface area contributed by atoms with Gasteiger partial charge in [0.05, 0.1) is 43.0 Å². The molecule has 0 amide bonds. The summed E-state index contributed by atoms with van der Waals surface area (Å²) in [6, 6.07) is 10.7. The zero-order chi connectivity index (χ0) is 33.9. The molecule has 250 valence electrons. The minimum absolute atomic E-state index is 0.0769. The summed E-state index contributed by atoms with van der Waals surface area (Å²) in [7, 11) is 0. The minimum Gasteiger partial charge on any atom is -0.464 e. The van der Waals surface area contributed by atoms with E-state index in [0.717, 1.165) is 11.1 Å². The number of carbonyl (C=O) groups excluding carboxylic acids is 2. The van der Waals surface area contributed by atoms with Gasteiger partial charge in [-0.3, -0.25) is 9.59 Å². The summed E-state index contributed by atoms with van der Waals surface area (Å²) in [5.41, 5.74) is 2.69. The van der Waals surface area contributed by atoms with Gasteiger partial charge in [-0.25, -0.2) is 0 Å². The maximum Gasteiger partial charge on any atom is 0.302 e. The lowest BCUT2D eigenvalue weighted by Gasteiger charge is -2.33. The van der Waals surface area contributed by atoms with E-state index >= 15 is 0 Å². The van der Waals surface area contributed by atoms with Crippen LogP contribution in [0.4, 0.5) is 0 Å². The molecule has 8 atom stereocenters. The average molecular weight is 651 g/mol. The molecule has 2 fully saturated rings. The van der Waals surface area contributed by atoms with Crippen LogP contribution in [0.1, 0.15) is 48.9 Å². The molecule has 5 rings (SSSR count). The fraction of sp³-hybridized carbons (Fsp3) is 0.486. The van der Waals surface area contributed by atoms with Crippen molar-refractivity contribution in [2.45, 2.75) is 80.9 Å².